The molecule has 1 N–H and O–H groups in total. The Morgan fingerprint density at radius 2 is 1.50 bits per heavy atom. The lowest BCUT2D eigenvalue weighted by Crippen LogP contribution is -2.03. The van der Waals surface area contributed by atoms with Crippen molar-refractivity contribution in [2.75, 3.05) is 0 Å². The summed E-state index contributed by atoms with van der Waals surface area (Å²) in [5.41, 5.74) is 2.58. The van der Waals surface area contributed by atoms with E-state index in [1.54, 1.807) is 4.40 Å². The molecule has 106 valence electrons. The van der Waals surface area contributed by atoms with E-state index < -0.39 is 0 Å². The molecular formula is C19H13NO2. The first-order valence-electron chi connectivity index (χ1n) is 7.06. The third-order valence-corrected chi connectivity index (χ3v) is 3.91. The van der Waals surface area contributed by atoms with Crippen LogP contribution in [0.15, 0.2) is 77.9 Å². The Labute approximate surface area is 126 Å². The molecule has 0 radical (unpaired) electrons. The lowest BCUT2D eigenvalue weighted by Gasteiger charge is -2.12. The first-order valence-corrected chi connectivity index (χ1v) is 7.06. The second kappa shape index (κ2) is 4.74. The molecule has 2 aromatic carbocycles. The van der Waals surface area contributed by atoms with Gasteiger partial charge >= 0.3 is 0 Å². The number of hydrogen-bond acceptors (Lipinski definition) is 2. The molecule has 22 heavy (non-hydrogen) atoms. The summed E-state index contributed by atoms with van der Waals surface area (Å²) in [4.78, 5) is 11.8. The van der Waals surface area contributed by atoms with Gasteiger partial charge in [-0.25, -0.2) is 0 Å². The van der Waals surface area contributed by atoms with Crippen molar-refractivity contribution >= 4 is 16.3 Å². The van der Waals surface area contributed by atoms with Gasteiger partial charge in [-0.15, -0.1) is 0 Å². The molecule has 0 fully saturated rings. The highest BCUT2D eigenvalue weighted by molar-refractivity contribution is 6.04. The van der Waals surface area contributed by atoms with Gasteiger partial charge in [0, 0.05) is 23.2 Å². The van der Waals surface area contributed by atoms with Gasteiger partial charge in [0.1, 0.15) is 0 Å². The normalized spacial score (nSPS) is 11.1. The Balaban J connectivity index is 2.21. The Hall–Kier alpha value is -3.07. The molecule has 0 amide bonds. The maximum atomic E-state index is 11.8. The van der Waals surface area contributed by atoms with E-state index >= 15 is 0 Å². The molecule has 0 bridgehead atoms. The van der Waals surface area contributed by atoms with E-state index in [-0.39, 0.29) is 11.2 Å². The Morgan fingerprint density at radius 1 is 0.818 bits per heavy atom. The van der Waals surface area contributed by atoms with E-state index in [0.29, 0.717) is 0 Å². The molecule has 0 spiro atoms. The van der Waals surface area contributed by atoms with E-state index in [0.717, 1.165) is 27.4 Å². The van der Waals surface area contributed by atoms with E-state index in [1.807, 2.05) is 42.6 Å². The maximum absolute atomic E-state index is 11.8. The van der Waals surface area contributed by atoms with Gasteiger partial charge in [-0.2, -0.15) is 0 Å². The van der Waals surface area contributed by atoms with Crippen molar-refractivity contribution in [3.8, 4) is 16.9 Å². The van der Waals surface area contributed by atoms with Gasteiger partial charge in [0.05, 0.1) is 11.7 Å². The van der Waals surface area contributed by atoms with Gasteiger partial charge in [-0.05, 0) is 10.9 Å². The monoisotopic (exact) mass is 287 g/mol. The van der Waals surface area contributed by atoms with Crippen molar-refractivity contribution in [2.24, 2.45) is 0 Å². The van der Waals surface area contributed by atoms with Crippen molar-refractivity contribution < 1.29 is 5.11 Å². The van der Waals surface area contributed by atoms with Gasteiger partial charge in [-0.1, -0.05) is 54.6 Å². The Kier molecular flexibility index (Phi) is 2.73. The van der Waals surface area contributed by atoms with Crippen LogP contribution >= 0.6 is 0 Å². The standard InChI is InChI=1S/C19H13NO2/c21-18-10-17-15-9-5-4-8-14(15)16(11-20(17)12-19(18)22)13-6-2-1-3-7-13/h1-12,22H. The highest BCUT2D eigenvalue weighted by atomic mass is 16.3. The van der Waals surface area contributed by atoms with Crippen LogP contribution < -0.4 is 5.43 Å². The van der Waals surface area contributed by atoms with Crippen molar-refractivity contribution in [1.29, 1.82) is 0 Å². The van der Waals surface area contributed by atoms with Gasteiger partial charge in [0.2, 0.25) is 5.43 Å². The predicted molar refractivity (Wildman–Crippen MR) is 88.3 cm³/mol. The number of benzene rings is 2. The second-order valence-corrected chi connectivity index (χ2v) is 5.27. The average molecular weight is 287 g/mol. The second-order valence-electron chi connectivity index (χ2n) is 5.27. The topological polar surface area (TPSA) is 41.7 Å². The fraction of sp³-hybridized carbons (Fsp3) is 0. The summed E-state index contributed by atoms with van der Waals surface area (Å²) in [7, 11) is 0. The van der Waals surface area contributed by atoms with Crippen LogP contribution in [0.2, 0.25) is 0 Å². The van der Waals surface area contributed by atoms with Crippen LogP contribution in [-0.2, 0) is 0 Å². The fourth-order valence-corrected chi connectivity index (χ4v) is 2.86. The quantitative estimate of drug-likeness (QED) is 0.541. The van der Waals surface area contributed by atoms with Crippen LogP contribution in [-0.4, -0.2) is 9.51 Å². The number of rotatable bonds is 1. The van der Waals surface area contributed by atoms with Crippen molar-refractivity contribution in [3.05, 3.63) is 83.3 Å². The lowest BCUT2D eigenvalue weighted by molar-refractivity contribution is 0.467. The molecule has 0 aliphatic rings. The van der Waals surface area contributed by atoms with Crippen LogP contribution in [0.5, 0.6) is 5.75 Å². The van der Waals surface area contributed by atoms with E-state index in [9.17, 15) is 9.90 Å². The molecule has 4 aromatic rings. The van der Waals surface area contributed by atoms with E-state index in [4.69, 9.17) is 0 Å². The summed E-state index contributed by atoms with van der Waals surface area (Å²) in [5.74, 6) is -0.244. The predicted octanol–water partition coefficient (Wildman–Crippen LogP) is 3.83. The number of aromatic hydroxyl groups is 1. The zero-order valence-corrected chi connectivity index (χ0v) is 11.7. The molecule has 0 aliphatic heterocycles. The van der Waals surface area contributed by atoms with Crippen LogP contribution in [0.3, 0.4) is 0 Å². The Morgan fingerprint density at radius 3 is 2.27 bits per heavy atom. The van der Waals surface area contributed by atoms with Gasteiger partial charge in [-0.3, -0.25) is 4.79 Å². The summed E-state index contributed by atoms with van der Waals surface area (Å²) in [6, 6.07) is 19.5. The van der Waals surface area contributed by atoms with Crippen molar-refractivity contribution in [1.82, 2.24) is 4.40 Å². The van der Waals surface area contributed by atoms with Crippen molar-refractivity contribution in [2.45, 2.75) is 0 Å². The van der Waals surface area contributed by atoms with Crippen LogP contribution in [0.4, 0.5) is 0 Å². The smallest absolute Gasteiger partial charge is 0.223 e. The number of hydrogen-bond donors (Lipinski definition) is 1. The molecular weight excluding hydrogens is 274 g/mol. The maximum Gasteiger partial charge on any atom is 0.223 e. The first kappa shape index (κ1) is 12.7. The largest absolute Gasteiger partial charge is 0.503 e. The molecule has 0 unspecified atom stereocenters. The molecule has 3 nitrogen and oxygen atoms in total. The number of fused-ring (bicyclic) bond motifs is 3. The molecule has 2 aromatic heterocycles. The lowest BCUT2D eigenvalue weighted by atomic mass is 9.99. The highest BCUT2D eigenvalue weighted by Gasteiger charge is 2.09. The van der Waals surface area contributed by atoms with E-state index in [1.165, 1.54) is 12.3 Å². The summed E-state index contributed by atoms with van der Waals surface area (Å²) in [5, 5.41) is 11.8. The summed E-state index contributed by atoms with van der Waals surface area (Å²) < 4.78 is 1.81. The van der Waals surface area contributed by atoms with Crippen LogP contribution in [0, 0.1) is 0 Å². The molecule has 0 saturated heterocycles. The van der Waals surface area contributed by atoms with E-state index in [2.05, 4.69) is 18.2 Å². The third kappa shape index (κ3) is 1.87. The SMILES string of the molecule is O=c1cc2c3ccccc3c(-c3ccccc3)cn2cc1O. The zero-order valence-electron chi connectivity index (χ0n) is 11.7. The van der Waals surface area contributed by atoms with Gasteiger partial charge in [0.25, 0.3) is 0 Å². The summed E-state index contributed by atoms with van der Waals surface area (Å²) >= 11 is 0. The molecule has 0 aliphatic carbocycles. The molecule has 4 rings (SSSR count). The fourth-order valence-electron chi connectivity index (χ4n) is 2.86. The minimum absolute atomic E-state index is 0.244. The summed E-state index contributed by atoms with van der Waals surface area (Å²) in [6.07, 6.45) is 3.42. The number of pyridine rings is 2. The van der Waals surface area contributed by atoms with Crippen molar-refractivity contribution in [3.63, 3.8) is 0 Å². The van der Waals surface area contributed by atoms with Crippen LogP contribution in [0.1, 0.15) is 0 Å². The first-order chi connectivity index (χ1) is 10.7. The molecule has 0 saturated carbocycles. The average Bonchev–Trinajstić information content (AvgIpc) is 2.56. The van der Waals surface area contributed by atoms with Gasteiger partial charge < -0.3 is 9.51 Å². The third-order valence-electron chi connectivity index (χ3n) is 3.91. The number of aromatic nitrogens is 1. The minimum Gasteiger partial charge on any atom is -0.503 e. The zero-order chi connectivity index (χ0) is 15.1. The Bertz CT molecular complexity index is 1050. The molecule has 3 heteroatoms. The number of nitrogens with zero attached hydrogens (tertiary/aromatic N) is 1. The molecule has 2 heterocycles. The van der Waals surface area contributed by atoms with Gasteiger partial charge in [0.15, 0.2) is 5.75 Å². The minimum atomic E-state index is -0.363. The highest BCUT2D eigenvalue weighted by Crippen LogP contribution is 2.31. The van der Waals surface area contributed by atoms with Crippen LogP contribution in [0.25, 0.3) is 27.4 Å². The summed E-state index contributed by atoms with van der Waals surface area (Å²) in [6.45, 7) is 0. The molecule has 0 atom stereocenters.